The summed E-state index contributed by atoms with van der Waals surface area (Å²) in [5.74, 6) is 0.632. The smallest absolute Gasteiger partial charge is 0.235 e. The standard InChI is InChI=1S/C56H34N6S/c1-3-12-35(13-4-1)47-33-40(34-48(59-47)36-14-5-2-6-15-36)61-49-18-9-7-16-41(49)43-24-21-38(32-52(43)61)37-22-25-51-44(30-37)42-17-8-10-19-50(42)62(51)56-58-29-27-46(60-56)39-23-26-53-45(31-39)55-54(63-53)20-11-28-57-55/h1-34H. The van der Waals surface area contributed by atoms with Gasteiger partial charge in [0, 0.05) is 60.7 Å². The van der Waals surface area contributed by atoms with Crippen molar-refractivity contribution in [3.8, 4) is 56.5 Å². The van der Waals surface area contributed by atoms with Gasteiger partial charge in [0.15, 0.2) is 0 Å². The van der Waals surface area contributed by atoms with Crippen LogP contribution in [-0.4, -0.2) is 29.1 Å². The molecule has 6 aromatic heterocycles. The van der Waals surface area contributed by atoms with Gasteiger partial charge < -0.3 is 4.57 Å². The van der Waals surface area contributed by atoms with Crippen LogP contribution in [0, 0.1) is 0 Å². The van der Waals surface area contributed by atoms with Crippen LogP contribution in [0.25, 0.3) is 120 Å². The Balaban J connectivity index is 0.961. The lowest BCUT2D eigenvalue weighted by molar-refractivity contribution is 0.992. The van der Waals surface area contributed by atoms with Crippen molar-refractivity contribution in [1.29, 1.82) is 0 Å². The second kappa shape index (κ2) is 14.2. The third-order valence-electron chi connectivity index (χ3n) is 12.3. The fourth-order valence-electron chi connectivity index (χ4n) is 9.33. The highest BCUT2D eigenvalue weighted by molar-refractivity contribution is 7.25. The molecule has 13 aromatic rings. The van der Waals surface area contributed by atoms with E-state index in [-0.39, 0.29) is 0 Å². The molecular weight excluding hydrogens is 789 g/mol. The summed E-state index contributed by atoms with van der Waals surface area (Å²) in [5, 5.41) is 5.84. The molecule has 0 fully saturated rings. The van der Waals surface area contributed by atoms with E-state index in [4.69, 9.17) is 19.9 Å². The molecule has 0 saturated carbocycles. The van der Waals surface area contributed by atoms with Crippen molar-refractivity contribution in [3.63, 3.8) is 0 Å². The van der Waals surface area contributed by atoms with Crippen molar-refractivity contribution in [2.24, 2.45) is 0 Å². The number of fused-ring (bicyclic) bond motifs is 9. The molecule has 7 aromatic carbocycles. The van der Waals surface area contributed by atoms with Crippen LogP contribution in [0.2, 0.25) is 0 Å². The van der Waals surface area contributed by atoms with Crippen LogP contribution in [0.3, 0.4) is 0 Å². The number of nitrogens with zero attached hydrogens (tertiary/aromatic N) is 6. The van der Waals surface area contributed by atoms with Crippen LogP contribution < -0.4 is 0 Å². The van der Waals surface area contributed by atoms with E-state index < -0.39 is 0 Å². The lowest BCUT2D eigenvalue weighted by Crippen LogP contribution is -2.01. The van der Waals surface area contributed by atoms with Gasteiger partial charge >= 0.3 is 0 Å². The van der Waals surface area contributed by atoms with E-state index in [1.54, 1.807) is 11.3 Å². The normalized spacial score (nSPS) is 11.8. The van der Waals surface area contributed by atoms with E-state index in [1.165, 1.54) is 20.2 Å². The van der Waals surface area contributed by atoms with Gasteiger partial charge in [-0.05, 0) is 83.9 Å². The first-order chi connectivity index (χ1) is 31.2. The Hall–Kier alpha value is -8.26. The summed E-state index contributed by atoms with van der Waals surface area (Å²) in [7, 11) is 0. The van der Waals surface area contributed by atoms with Gasteiger partial charge in [-0.25, -0.2) is 15.0 Å². The summed E-state index contributed by atoms with van der Waals surface area (Å²) in [4.78, 5) is 20.0. The summed E-state index contributed by atoms with van der Waals surface area (Å²) >= 11 is 1.77. The molecule has 0 radical (unpaired) electrons. The SMILES string of the molecule is c1ccc(-c2cc(-n3c4ccccc4c4ccc(-c5ccc6c(c5)c5ccccc5n6-c5nccc(-c6ccc7sc8cccnc8c7c6)n5)cc43)cc(-c3ccccc3)n2)cc1. The fourth-order valence-corrected chi connectivity index (χ4v) is 10.4. The molecule has 0 unspecified atom stereocenters. The highest BCUT2D eigenvalue weighted by Gasteiger charge is 2.19. The molecule has 63 heavy (non-hydrogen) atoms. The second-order valence-corrected chi connectivity index (χ2v) is 17.0. The highest BCUT2D eigenvalue weighted by atomic mass is 32.1. The topological polar surface area (TPSA) is 61.4 Å². The largest absolute Gasteiger partial charge is 0.309 e. The Bertz CT molecular complexity index is 3860. The van der Waals surface area contributed by atoms with E-state index >= 15 is 0 Å². The zero-order valence-electron chi connectivity index (χ0n) is 33.7. The van der Waals surface area contributed by atoms with E-state index in [9.17, 15) is 0 Å². The van der Waals surface area contributed by atoms with E-state index in [0.717, 1.165) is 94.3 Å². The number of hydrogen-bond acceptors (Lipinski definition) is 5. The van der Waals surface area contributed by atoms with Gasteiger partial charge in [0.05, 0.1) is 55.1 Å². The number of pyridine rings is 2. The van der Waals surface area contributed by atoms with Crippen LogP contribution in [0.5, 0.6) is 0 Å². The Morgan fingerprint density at radius 3 is 1.73 bits per heavy atom. The third-order valence-corrected chi connectivity index (χ3v) is 13.4. The molecule has 0 N–H and O–H groups in total. The number of thiophene rings is 1. The van der Waals surface area contributed by atoms with E-state index in [2.05, 4.69) is 179 Å². The van der Waals surface area contributed by atoms with Gasteiger partial charge in [0.25, 0.3) is 0 Å². The second-order valence-electron chi connectivity index (χ2n) is 15.9. The molecule has 0 atom stereocenters. The minimum Gasteiger partial charge on any atom is -0.309 e. The van der Waals surface area contributed by atoms with Gasteiger partial charge in [-0.15, -0.1) is 11.3 Å². The average Bonchev–Trinajstić information content (AvgIpc) is 4.01. The lowest BCUT2D eigenvalue weighted by Gasteiger charge is -2.14. The predicted molar refractivity (Wildman–Crippen MR) is 261 cm³/mol. The van der Waals surface area contributed by atoms with Crippen LogP contribution >= 0.6 is 11.3 Å². The molecule has 13 rings (SSSR count). The molecule has 7 heteroatoms. The number of benzene rings is 7. The first-order valence-corrected chi connectivity index (χ1v) is 21.8. The maximum Gasteiger partial charge on any atom is 0.235 e. The van der Waals surface area contributed by atoms with Gasteiger partial charge in [-0.1, -0.05) is 121 Å². The summed E-state index contributed by atoms with van der Waals surface area (Å²) < 4.78 is 6.99. The summed E-state index contributed by atoms with van der Waals surface area (Å²) in [6.07, 6.45) is 3.73. The zero-order valence-corrected chi connectivity index (χ0v) is 34.5. The van der Waals surface area contributed by atoms with Crippen molar-refractivity contribution < 1.29 is 0 Å². The molecule has 0 aliphatic heterocycles. The monoisotopic (exact) mass is 822 g/mol. The molecule has 0 amide bonds. The van der Waals surface area contributed by atoms with Crippen LogP contribution in [0.4, 0.5) is 0 Å². The van der Waals surface area contributed by atoms with Crippen molar-refractivity contribution in [2.75, 3.05) is 0 Å². The molecular formula is C56H34N6S. The minimum absolute atomic E-state index is 0.632. The minimum atomic E-state index is 0.632. The Morgan fingerprint density at radius 2 is 0.952 bits per heavy atom. The number of aromatic nitrogens is 6. The maximum atomic E-state index is 5.21. The van der Waals surface area contributed by atoms with Gasteiger partial charge in [-0.3, -0.25) is 9.55 Å². The van der Waals surface area contributed by atoms with Crippen molar-refractivity contribution in [2.45, 2.75) is 0 Å². The third kappa shape index (κ3) is 5.78. The summed E-state index contributed by atoms with van der Waals surface area (Å²) in [6, 6.07) is 68.9. The van der Waals surface area contributed by atoms with Crippen molar-refractivity contribution >= 4 is 75.3 Å². The molecule has 0 aliphatic carbocycles. The average molecular weight is 823 g/mol. The highest BCUT2D eigenvalue weighted by Crippen LogP contribution is 2.40. The molecule has 0 spiro atoms. The first kappa shape index (κ1) is 35.5. The molecule has 0 saturated heterocycles. The summed E-state index contributed by atoms with van der Waals surface area (Å²) in [6.45, 7) is 0. The summed E-state index contributed by atoms with van der Waals surface area (Å²) in [5.41, 5.74) is 14.7. The molecule has 0 aliphatic rings. The predicted octanol–water partition coefficient (Wildman–Crippen LogP) is 14.5. The Labute approximate surface area is 365 Å². The number of hydrogen-bond donors (Lipinski definition) is 0. The van der Waals surface area contributed by atoms with Gasteiger partial charge in [-0.2, -0.15) is 0 Å². The lowest BCUT2D eigenvalue weighted by atomic mass is 10.0. The van der Waals surface area contributed by atoms with Crippen molar-refractivity contribution in [1.82, 2.24) is 29.1 Å². The zero-order chi connectivity index (χ0) is 41.4. The molecule has 0 bridgehead atoms. The van der Waals surface area contributed by atoms with Gasteiger partial charge in [0.2, 0.25) is 5.95 Å². The van der Waals surface area contributed by atoms with Crippen LogP contribution in [0.1, 0.15) is 0 Å². The first-order valence-electron chi connectivity index (χ1n) is 21.0. The van der Waals surface area contributed by atoms with Gasteiger partial charge in [0.1, 0.15) is 0 Å². The Morgan fingerprint density at radius 1 is 0.333 bits per heavy atom. The molecule has 6 nitrogen and oxygen atoms in total. The Kier molecular flexibility index (Phi) is 7.98. The van der Waals surface area contributed by atoms with Crippen molar-refractivity contribution in [3.05, 3.63) is 207 Å². The fraction of sp³-hybridized carbons (Fsp3) is 0. The van der Waals surface area contributed by atoms with Crippen LogP contribution in [-0.2, 0) is 0 Å². The van der Waals surface area contributed by atoms with E-state index in [0.29, 0.717) is 5.95 Å². The number of rotatable bonds is 6. The quantitative estimate of drug-likeness (QED) is 0.168. The number of para-hydroxylation sites is 2. The van der Waals surface area contributed by atoms with Crippen LogP contribution in [0.15, 0.2) is 207 Å². The maximum absolute atomic E-state index is 5.21. The molecule has 294 valence electrons. The molecule has 6 heterocycles. The van der Waals surface area contributed by atoms with E-state index in [1.807, 2.05) is 36.7 Å².